The van der Waals surface area contributed by atoms with Gasteiger partial charge in [0, 0.05) is 0 Å². The molecule has 13 rings (SSSR count). The van der Waals surface area contributed by atoms with E-state index in [4.69, 9.17) is 75.8 Å². The molecule has 75 heavy (non-hydrogen) atoms. The molecule has 14 bridgehead atoms. The van der Waals surface area contributed by atoms with Crippen molar-refractivity contribution in [1.82, 2.24) is 0 Å². The molecule has 13 aliphatic rings. The summed E-state index contributed by atoms with van der Waals surface area (Å²) in [5, 5.41) is 189. The molecule has 0 aliphatic carbocycles. The molecule has 33 nitrogen and oxygen atoms in total. The first-order valence-electron chi connectivity index (χ1n) is 24.5. The fourth-order valence-corrected chi connectivity index (χ4v) is 11.3. The van der Waals surface area contributed by atoms with E-state index in [-0.39, 0.29) is 0 Å². The predicted octanol–water partition coefficient (Wildman–Crippen LogP) is -13.1. The van der Waals surface area contributed by atoms with Crippen LogP contribution in [0.1, 0.15) is 0 Å². The van der Waals surface area contributed by atoms with E-state index < -0.39 is 261 Å². The minimum Gasteiger partial charge on any atom is -0.394 e. The van der Waals surface area contributed by atoms with Gasteiger partial charge in [0.15, 0.2) is 44.0 Å². The largest absolute Gasteiger partial charge is 0.394 e. The Kier molecular flexibility index (Phi) is 17.7. The number of aliphatic hydroxyl groups excluding tert-OH is 17. The van der Waals surface area contributed by atoms with E-state index in [9.17, 15) is 86.8 Å². The van der Waals surface area contributed by atoms with Crippen LogP contribution in [0.15, 0.2) is 0 Å². The maximum absolute atomic E-state index is 11.8. The van der Waals surface area contributed by atoms with Crippen LogP contribution >= 0.6 is 0 Å². The van der Waals surface area contributed by atoms with Crippen molar-refractivity contribution in [2.45, 2.75) is 215 Å². The Bertz CT molecular complexity index is 1860. The summed E-state index contributed by atoms with van der Waals surface area (Å²) >= 11 is 0. The second-order valence-corrected chi connectivity index (χ2v) is 19.8. The number of rotatable bonds is 7. The molecule has 13 aliphatic heterocycles. The van der Waals surface area contributed by atoms with Crippen molar-refractivity contribution >= 4 is 0 Å². The molecule has 0 aromatic heterocycles. The van der Waals surface area contributed by atoms with Gasteiger partial charge in [-0.2, -0.15) is 0 Å². The summed E-state index contributed by atoms with van der Waals surface area (Å²) in [6, 6.07) is 0. The zero-order valence-corrected chi connectivity index (χ0v) is 39.3. The maximum atomic E-state index is 11.8. The van der Waals surface area contributed by atoms with Crippen LogP contribution in [0, 0.1) is 0 Å². The summed E-state index contributed by atoms with van der Waals surface area (Å²) in [4.78, 5) is 0. The highest BCUT2D eigenvalue weighted by Crippen LogP contribution is 2.43. The van der Waals surface area contributed by atoms with Gasteiger partial charge >= 0.3 is 0 Å². The second kappa shape index (κ2) is 23.3. The highest BCUT2D eigenvalue weighted by atomic mass is 16.8. The summed E-state index contributed by atoms with van der Waals surface area (Å²) in [6.07, 6.45) is -62.0. The molecular weight excluding hydrogens is 1030 g/mol. The van der Waals surface area contributed by atoms with Gasteiger partial charge in [-0.25, -0.2) is 0 Å². The van der Waals surface area contributed by atoms with Crippen molar-refractivity contribution in [2.24, 2.45) is 0 Å². The molecule has 35 atom stereocenters. The number of fused-ring (bicyclic) bond motifs is 3. The lowest BCUT2D eigenvalue weighted by Crippen LogP contribution is -2.73. The number of aliphatic hydroxyl groups is 17. The average Bonchev–Trinajstić information content (AvgIpc) is 3.42. The van der Waals surface area contributed by atoms with Gasteiger partial charge in [0.1, 0.15) is 171 Å². The van der Waals surface area contributed by atoms with Crippen LogP contribution in [0.3, 0.4) is 0 Å². The third-order valence-corrected chi connectivity index (χ3v) is 15.3. The molecule has 13 fully saturated rings. The van der Waals surface area contributed by atoms with Gasteiger partial charge in [0.05, 0.1) is 46.2 Å². The molecule has 0 saturated carbocycles. The molecule has 0 aromatic carbocycles. The third kappa shape index (κ3) is 10.2. The van der Waals surface area contributed by atoms with Crippen molar-refractivity contribution < 1.29 is 163 Å². The minimum atomic E-state index is -2.14. The van der Waals surface area contributed by atoms with E-state index in [2.05, 4.69) is 0 Å². The van der Waals surface area contributed by atoms with Crippen LogP contribution in [-0.4, -0.2) is 348 Å². The van der Waals surface area contributed by atoms with Crippen LogP contribution < -0.4 is 0 Å². The summed E-state index contributed by atoms with van der Waals surface area (Å²) in [5.74, 6) is 0. The molecule has 0 unspecified atom stereocenters. The lowest BCUT2D eigenvalue weighted by Gasteiger charge is -2.55. The van der Waals surface area contributed by atoms with Crippen LogP contribution in [0.5, 0.6) is 0 Å². The fourth-order valence-electron chi connectivity index (χ4n) is 11.3. The zero-order valence-electron chi connectivity index (χ0n) is 39.3. The Hall–Kier alpha value is -1.32. The first-order chi connectivity index (χ1) is 36.0. The molecule has 432 valence electrons. The number of ether oxygens (including phenoxy) is 16. The molecule has 0 radical (unpaired) electrons. The van der Waals surface area contributed by atoms with Crippen molar-refractivity contribution in [3.05, 3.63) is 0 Å². The van der Waals surface area contributed by atoms with Crippen molar-refractivity contribution in [2.75, 3.05) is 46.2 Å². The smallest absolute Gasteiger partial charge is 0.187 e. The molecule has 0 spiro atoms. The summed E-state index contributed by atoms with van der Waals surface area (Å²) in [7, 11) is 0. The summed E-state index contributed by atoms with van der Waals surface area (Å²) < 4.78 is 94.7. The Morgan fingerprint density at radius 1 is 0.160 bits per heavy atom. The number of hydrogen-bond acceptors (Lipinski definition) is 33. The quantitative estimate of drug-likeness (QED) is 0.113. The Labute approximate surface area is 423 Å². The lowest BCUT2D eigenvalue weighted by molar-refractivity contribution is -0.434. The molecule has 13 heterocycles. The van der Waals surface area contributed by atoms with E-state index in [1.165, 1.54) is 0 Å². The van der Waals surface area contributed by atoms with E-state index in [0.29, 0.717) is 0 Å². The molecule has 13 saturated heterocycles. The summed E-state index contributed by atoms with van der Waals surface area (Å²) in [6.45, 7) is -6.36. The van der Waals surface area contributed by atoms with Gasteiger partial charge in [0.25, 0.3) is 0 Å². The van der Waals surface area contributed by atoms with Gasteiger partial charge in [-0.05, 0) is 0 Å². The lowest BCUT2D eigenvalue weighted by atomic mass is 9.92. The van der Waals surface area contributed by atoms with Gasteiger partial charge < -0.3 is 163 Å². The molecule has 0 aromatic rings. The summed E-state index contributed by atoms with van der Waals surface area (Å²) in [5.41, 5.74) is 0. The SMILES string of the molecule is OC[C@@H]1O[C@@H]2O[C@H]3[C@@H]4O[C@@H]2[C@@H](O)[C@@H]1O[C@H]1O[C@H](CO)[C@@H](O[C@H]2O[C@H](CO)[C@H]5O[C@H]6O[C@H](CO)[C@@H](O[C@H]7O[C@H](CO)[C@@H](O[C@H]8O[C@H](CO)[C@@H](O[C@@H](O[C@@H]3CO)[C@@H]4O)[C@H](O)[C@H]8O)[C@H](O)[C@H]7O)[C@H](O)[C@H]6O[C@@H]5[C@H]2O)[C@H](O)[C@H]1O. The Morgan fingerprint density at radius 2 is 0.360 bits per heavy atom. The predicted molar refractivity (Wildman–Crippen MR) is 222 cm³/mol. The normalized spacial score (nSPS) is 57.3. The molecule has 17 N–H and O–H groups in total. The Balaban J connectivity index is 0.966. The van der Waals surface area contributed by atoms with Crippen LogP contribution in [0.25, 0.3) is 0 Å². The highest BCUT2D eigenvalue weighted by Gasteiger charge is 2.63. The van der Waals surface area contributed by atoms with E-state index in [1.54, 1.807) is 0 Å². The van der Waals surface area contributed by atoms with E-state index >= 15 is 0 Å². The van der Waals surface area contributed by atoms with Gasteiger partial charge in [-0.1, -0.05) is 0 Å². The first-order valence-corrected chi connectivity index (χ1v) is 24.5. The van der Waals surface area contributed by atoms with E-state index in [0.717, 1.165) is 0 Å². The van der Waals surface area contributed by atoms with Gasteiger partial charge in [-0.15, -0.1) is 0 Å². The van der Waals surface area contributed by atoms with E-state index in [1.807, 2.05) is 0 Å². The monoisotopic (exact) mass is 1100 g/mol. The first kappa shape index (κ1) is 56.9. The zero-order chi connectivity index (χ0) is 53.5. The molecule has 0 amide bonds. The number of hydrogen-bond donors (Lipinski definition) is 17. The highest BCUT2D eigenvalue weighted by molar-refractivity contribution is 5.05. The van der Waals surface area contributed by atoms with Crippen LogP contribution in [0.4, 0.5) is 0 Å². The molecule has 33 heteroatoms. The van der Waals surface area contributed by atoms with Crippen molar-refractivity contribution in [3.63, 3.8) is 0 Å². The topological polar surface area (TPSA) is 492 Å². The van der Waals surface area contributed by atoms with Crippen molar-refractivity contribution in [1.29, 1.82) is 0 Å². The maximum Gasteiger partial charge on any atom is 0.187 e. The average molecular weight is 1100 g/mol. The van der Waals surface area contributed by atoms with Gasteiger partial charge in [-0.3, -0.25) is 0 Å². The third-order valence-electron chi connectivity index (χ3n) is 15.3. The van der Waals surface area contributed by atoms with Crippen molar-refractivity contribution in [3.8, 4) is 0 Å². The second-order valence-electron chi connectivity index (χ2n) is 19.8. The van der Waals surface area contributed by atoms with Crippen LogP contribution in [-0.2, 0) is 75.8 Å². The minimum absolute atomic E-state index is 0.832. The van der Waals surface area contributed by atoms with Gasteiger partial charge in [0.2, 0.25) is 0 Å². The Morgan fingerprint density at radius 3 is 0.613 bits per heavy atom. The fraction of sp³-hybridized carbons (Fsp3) is 1.00. The van der Waals surface area contributed by atoms with Crippen LogP contribution in [0.2, 0.25) is 0 Å². The standard InChI is InChI=1S/C42H66O33/c43-1-8-25-15(50)19(54)37(61-8)72-28-11(4-46)65-41-34(21(28)56)68-33-24(59)40(64-14(7-49)31(33)75-41)71-27-10(3-45)62-38(20(55)17(27)52)73-29-12(5-47)66-42-35(22(29)57)67-32-23(58)39(63-13(6-48)30(32)74-42)70-26-9(2-44)60-36(69-25)18(53)16(26)51/h8-59H,1-7H2/t8-,9-,10-,11-,12+,13-,14-,15-,16-,17-,18-,19-,20-,21+,22+,23-,24-,25-,26-,27-,28-,29-,30-,31-,32-,33-,34-,35-,36-,37-,38-,39-,40-,41-,42-/m1/s1. The molecular formula is C42H66O33.